The minimum atomic E-state index is -0.387. The minimum Gasteiger partial charge on any atom is -0.497 e. The zero-order chi connectivity index (χ0) is 22.5. The molecular weight excluding hydrogens is 409 g/mol. The van der Waals surface area contributed by atoms with Crippen molar-refractivity contribution in [2.45, 2.75) is 0 Å². The van der Waals surface area contributed by atoms with E-state index in [1.807, 2.05) is 11.0 Å². The number of piperazine rings is 1. The Morgan fingerprint density at radius 1 is 1.06 bits per heavy atom. The van der Waals surface area contributed by atoms with Gasteiger partial charge in [0, 0.05) is 43.6 Å². The fraction of sp³-hybridized carbons (Fsp3) is 0.208. The topological polar surface area (TPSA) is 81.5 Å². The molecule has 0 bridgehead atoms. The fourth-order valence-corrected chi connectivity index (χ4v) is 3.60. The minimum absolute atomic E-state index is 0.316. The molecular formula is C24H22FN5O2. The summed E-state index contributed by atoms with van der Waals surface area (Å²) in [7, 11) is 1.56. The maximum Gasteiger partial charge on any atom is 0.255 e. The Kier molecular flexibility index (Phi) is 6.17. The van der Waals surface area contributed by atoms with Gasteiger partial charge >= 0.3 is 0 Å². The van der Waals surface area contributed by atoms with Gasteiger partial charge in [-0.3, -0.25) is 4.79 Å². The molecule has 1 aliphatic rings. The van der Waals surface area contributed by atoms with Crippen LogP contribution in [0.25, 0.3) is 0 Å². The smallest absolute Gasteiger partial charge is 0.255 e. The van der Waals surface area contributed by atoms with Crippen LogP contribution in [-0.4, -0.2) is 44.2 Å². The number of nitriles is 1. The Labute approximate surface area is 185 Å². The third-order valence-corrected chi connectivity index (χ3v) is 5.38. The molecule has 0 radical (unpaired) electrons. The third kappa shape index (κ3) is 4.62. The molecule has 2 aromatic carbocycles. The first-order chi connectivity index (χ1) is 15.6. The number of rotatable bonds is 5. The lowest BCUT2D eigenvalue weighted by molar-refractivity contribution is 0.102. The number of hydrogen-bond acceptors (Lipinski definition) is 6. The number of nitrogens with one attached hydrogen (secondary N) is 1. The predicted octanol–water partition coefficient (Wildman–Crippen LogP) is 3.68. The highest BCUT2D eigenvalue weighted by Gasteiger charge is 2.21. The number of aromatic nitrogens is 1. The second-order valence-electron chi connectivity index (χ2n) is 7.34. The molecule has 0 saturated carbocycles. The van der Waals surface area contributed by atoms with Gasteiger partial charge in [-0.05, 0) is 54.6 Å². The summed E-state index contributed by atoms with van der Waals surface area (Å²) < 4.78 is 19.9. The van der Waals surface area contributed by atoms with Gasteiger partial charge in [0.15, 0.2) is 0 Å². The molecule has 7 nitrogen and oxygen atoms in total. The van der Waals surface area contributed by atoms with Gasteiger partial charge in [-0.1, -0.05) is 0 Å². The van der Waals surface area contributed by atoms with Crippen LogP contribution in [0.1, 0.15) is 15.9 Å². The van der Waals surface area contributed by atoms with Crippen LogP contribution in [0.5, 0.6) is 5.75 Å². The van der Waals surface area contributed by atoms with Crippen LogP contribution in [0.4, 0.5) is 21.6 Å². The van der Waals surface area contributed by atoms with E-state index in [0.717, 1.165) is 5.82 Å². The third-order valence-electron chi connectivity index (χ3n) is 5.38. The van der Waals surface area contributed by atoms with Crippen molar-refractivity contribution >= 4 is 23.1 Å². The van der Waals surface area contributed by atoms with E-state index in [9.17, 15) is 9.18 Å². The lowest BCUT2D eigenvalue weighted by atomic mass is 10.2. The molecule has 32 heavy (non-hydrogen) atoms. The number of benzene rings is 2. The first kappa shape index (κ1) is 21.1. The summed E-state index contributed by atoms with van der Waals surface area (Å²) in [5.74, 6) is 0.763. The van der Waals surface area contributed by atoms with Gasteiger partial charge in [0.1, 0.15) is 23.5 Å². The number of halogens is 1. The van der Waals surface area contributed by atoms with E-state index in [4.69, 9.17) is 10.00 Å². The number of pyridine rings is 1. The molecule has 0 unspecified atom stereocenters. The van der Waals surface area contributed by atoms with E-state index < -0.39 is 0 Å². The molecule has 4 rings (SSSR count). The summed E-state index contributed by atoms with van der Waals surface area (Å²) in [6, 6.07) is 17.1. The summed E-state index contributed by atoms with van der Waals surface area (Å²) in [6.45, 7) is 2.65. The van der Waals surface area contributed by atoms with Gasteiger partial charge in [-0.15, -0.1) is 0 Å². The second kappa shape index (κ2) is 9.35. The van der Waals surface area contributed by atoms with E-state index >= 15 is 0 Å². The Bertz CT molecular complexity index is 1130. The van der Waals surface area contributed by atoms with Crippen molar-refractivity contribution in [1.29, 1.82) is 5.26 Å². The van der Waals surface area contributed by atoms with Crippen LogP contribution in [0, 0.1) is 17.1 Å². The van der Waals surface area contributed by atoms with Gasteiger partial charge in [0.05, 0.1) is 18.4 Å². The van der Waals surface area contributed by atoms with Gasteiger partial charge < -0.3 is 19.9 Å². The average molecular weight is 431 g/mol. The number of amides is 1. The Hall–Kier alpha value is -4.12. The number of ether oxygens (including phenoxy) is 1. The molecule has 1 N–H and O–H groups in total. The van der Waals surface area contributed by atoms with Crippen molar-refractivity contribution in [3.63, 3.8) is 0 Å². The fourth-order valence-electron chi connectivity index (χ4n) is 3.60. The SMILES string of the molecule is COc1ccc(C(=O)Nc2ccc(N3CCN(c4ccc(C#N)cn4)CC3)c(F)c2)cc1. The van der Waals surface area contributed by atoms with Gasteiger partial charge in [0.25, 0.3) is 5.91 Å². The molecule has 1 fully saturated rings. The normalized spacial score (nSPS) is 13.4. The lowest BCUT2D eigenvalue weighted by Gasteiger charge is -2.36. The quantitative estimate of drug-likeness (QED) is 0.664. The molecule has 3 aromatic rings. The van der Waals surface area contributed by atoms with E-state index in [1.165, 1.54) is 6.07 Å². The molecule has 8 heteroatoms. The van der Waals surface area contributed by atoms with Crippen molar-refractivity contribution in [1.82, 2.24) is 4.98 Å². The van der Waals surface area contributed by atoms with Crippen LogP contribution in [0.15, 0.2) is 60.8 Å². The maximum atomic E-state index is 14.8. The molecule has 1 aliphatic heterocycles. The highest BCUT2D eigenvalue weighted by Crippen LogP contribution is 2.25. The summed E-state index contributed by atoms with van der Waals surface area (Å²) in [5, 5.41) is 11.6. The van der Waals surface area contributed by atoms with Crippen LogP contribution in [-0.2, 0) is 0 Å². The molecule has 1 aromatic heterocycles. The summed E-state index contributed by atoms with van der Waals surface area (Å²) in [6.07, 6.45) is 1.56. The van der Waals surface area contributed by atoms with Gasteiger partial charge in [-0.2, -0.15) is 5.26 Å². The molecule has 1 amide bonds. The van der Waals surface area contributed by atoms with E-state index in [2.05, 4.69) is 21.3 Å². The van der Waals surface area contributed by atoms with Crippen molar-refractivity contribution in [2.75, 3.05) is 48.4 Å². The Balaban J connectivity index is 1.38. The number of carbonyl (C=O) groups excluding carboxylic acids is 1. The number of methoxy groups -OCH3 is 1. The average Bonchev–Trinajstić information content (AvgIpc) is 2.84. The lowest BCUT2D eigenvalue weighted by Crippen LogP contribution is -2.47. The highest BCUT2D eigenvalue weighted by atomic mass is 19.1. The number of carbonyl (C=O) groups is 1. The molecule has 1 saturated heterocycles. The number of hydrogen-bond donors (Lipinski definition) is 1. The molecule has 0 aliphatic carbocycles. The number of anilines is 3. The van der Waals surface area contributed by atoms with Crippen molar-refractivity contribution in [3.05, 3.63) is 77.7 Å². The standard InChI is InChI=1S/C24H22FN5O2/c1-32-20-6-3-18(4-7-20)24(31)28-19-5-8-22(21(25)14-19)29-10-12-30(13-11-29)23-9-2-17(15-26)16-27-23/h2-9,14,16H,10-13H2,1H3,(H,28,31). The second-order valence-corrected chi connectivity index (χ2v) is 7.34. The van der Waals surface area contributed by atoms with E-state index in [1.54, 1.807) is 55.8 Å². The van der Waals surface area contributed by atoms with E-state index in [0.29, 0.717) is 54.4 Å². The first-order valence-corrected chi connectivity index (χ1v) is 10.2. The van der Waals surface area contributed by atoms with Crippen LogP contribution >= 0.6 is 0 Å². The first-order valence-electron chi connectivity index (χ1n) is 10.2. The summed E-state index contributed by atoms with van der Waals surface area (Å²) in [5.41, 5.74) is 1.88. The van der Waals surface area contributed by atoms with Gasteiger partial charge in [0.2, 0.25) is 0 Å². The van der Waals surface area contributed by atoms with Crippen LogP contribution in [0.2, 0.25) is 0 Å². The largest absolute Gasteiger partial charge is 0.497 e. The zero-order valence-corrected chi connectivity index (χ0v) is 17.6. The Morgan fingerprint density at radius 2 is 1.78 bits per heavy atom. The highest BCUT2D eigenvalue weighted by molar-refractivity contribution is 6.04. The maximum absolute atomic E-state index is 14.8. The van der Waals surface area contributed by atoms with Crippen LogP contribution in [0.3, 0.4) is 0 Å². The van der Waals surface area contributed by atoms with Crippen LogP contribution < -0.4 is 19.9 Å². The Morgan fingerprint density at radius 3 is 2.38 bits per heavy atom. The molecule has 0 spiro atoms. The predicted molar refractivity (Wildman–Crippen MR) is 121 cm³/mol. The summed E-state index contributed by atoms with van der Waals surface area (Å²) in [4.78, 5) is 20.8. The monoisotopic (exact) mass is 431 g/mol. The zero-order valence-electron chi connectivity index (χ0n) is 17.6. The van der Waals surface area contributed by atoms with Crippen molar-refractivity contribution in [3.8, 4) is 11.8 Å². The molecule has 2 heterocycles. The number of nitrogens with zero attached hydrogens (tertiary/aromatic N) is 4. The van der Waals surface area contributed by atoms with Crippen molar-refractivity contribution in [2.24, 2.45) is 0 Å². The molecule has 162 valence electrons. The van der Waals surface area contributed by atoms with Crippen molar-refractivity contribution < 1.29 is 13.9 Å². The van der Waals surface area contributed by atoms with Gasteiger partial charge in [-0.25, -0.2) is 9.37 Å². The van der Waals surface area contributed by atoms with E-state index in [-0.39, 0.29) is 11.7 Å². The summed E-state index contributed by atoms with van der Waals surface area (Å²) >= 11 is 0. The molecule has 0 atom stereocenters.